The van der Waals surface area contributed by atoms with Gasteiger partial charge in [-0.15, -0.1) is 0 Å². The van der Waals surface area contributed by atoms with Gasteiger partial charge in [0.1, 0.15) is 5.82 Å². The van der Waals surface area contributed by atoms with Gasteiger partial charge in [-0.3, -0.25) is 14.9 Å². The third-order valence-corrected chi connectivity index (χ3v) is 3.15. The number of benzene rings is 2. The van der Waals surface area contributed by atoms with Crippen LogP contribution in [-0.2, 0) is 11.2 Å². The van der Waals surface area contributed by atoms with Gasteiger partial charge in [0.05, 0.1) is 11.0 Å². The van der Waals surface area contributed by atoms with Crippen LogP contribution in [0.1, 0.15) is 17.2 Å². The number of nitro groups is 1. The summed E-state index contributed by atoms with van der Waals surface area (Å²) in [6, 6.07) is 11.6. The maximum absolute atomic E-state index is 13.0. The zero-order valence-corrected chi connectivity index (χ0v) is 11.0. The number of hydrogen-bond acceptors (Lipinski definition) is 3. The van der Waals surface area contributed by atoms with Crippen molar-refractivity contribution in [3.05, 3.63) is 75.6 Å². The van der Waals surface area contributed by atoms with Crippen molar-refractivity contribution in [3.8, 4) is 0 Å². The van der Waals surface area contributed by atoms with Gasteiger partial charge in [-0.1, -0.05) is 30.3 Å². The smallest absolute Gasteiger partial charge is 0.272 e. The fourth-order valence-corrected chi connectivity index (χ4v) is 2.13. The fourth-order valence-electron chi connectivity index (χ4n) is 2.13. The van der Waals surface area contributed by atoms with Gasteiger partial charge >= 0.3 is 0 Å². The van der Waals surface area contributed by atoms with Crippen LogP contribution in [0.4, 0.5) is 10.1 Å². The zero-order chi connectivity index (χ0) is 15.2. The Balaban J connectivity index is 2.30. The van der Waals surface area contributed by atoms with Gasteiger partial charge in [-0.2, -0.15) is 0 Å². The lowest BCUT2D eigenvalue weighted by Gasteiger charge is -2.16. The SMILES string of the molecule is O=CN[C@H](Cc1ccccc1[N+](=O)[O-])c1ccc(F)cc1. The van der Waals surface area contributed by atoms with Crippen molar-refractivity contribution in [3.63, 3.8) is 0 Å². The largest absolute Gasteiger partial charge is 0.352 e. The predicted octanol–water partition coefficient (Wildman–Crippen LogP) is 2.76. The van der Waals surface area contributed by atoms with E-state index in [1.54, 1.807) is 30.3 Å². The molecule has 0 aliphatic rings. The molecule has 2 rings (SSSR count). The molecule has 5 nitrogen and oxygen atoms in total. The first-order valence-corrected chi connectivity index (χ1v) is 6.29. The number of carbonyl (C=O) groups is 1. The lowest BCUT2D eigenvalue weighted by molar-refractivity contribution is -0.385. The number of nitrogens with one attached hydrogen (secondary N) is 1. The van der Waals surface area contributed by atoms with E-state index in [-0.39, 0.29) is 17.9 Å². The zero-order valence-electron chi connectivity index (χ0n) is 11.0. The second-order valence-electron chi connectivity index (χ2n) is 4.48. The second-order valence-corrected chi connectivity index (χ2v) is 4.48. The Morgan fingerprint density at radius 1 is 1.19 bits per heavy atom. The third kappa shape index (κ3) is 3.62. The highest BCUT2D eigenvalue weighted by Crippen LogP contribution is 2.25. The number of hydrogen-bond donors (Lipinski definition) is 1. The Kier molecular flexibility index (Phi) is 4.61. The molecule has 1 amide bonds. The normalized spacial score (nSPS) is 11.7. The Labute approximate surface area is 120 Å². The van der Waals surface area contributed by atoms with E-state index < -0.39 is 11.0 Å². The van der Waals surface area contributed by atoms with Crippen LogP contribution in [0.15, 0.2) is 48.5 Å². The van der Waals surface area contributed by atoms with E-state index in [2.05, 4.69) is 5.32 Å². The molecule has 0 aromatic heterocycles. The van der Waals surface area contributed by atoms with Crippen molar-refractivity contribution in [1.82, 2.24) is 5.32 Å². The monoisotopic (exact) mass is 288 g/mol. The fraction of sp³-hybridized carbons (Fsp3) is 0.133. The number of carbonyl (C=O) groups excluding carboxylic acids is 1. The summed E-state index contributed by atoms with van der Waals surface area (Å²) >= 11 is 0. The van der Waals surface area contributed by atoms with Crippen LogP contribution >= 0.6 is 0 Å². The van der Waals surface area contributed by atoms with Gasteiger partial charge in [0.2, 0.25) is 6.41 Å². The lowest BCUT2D eigenvalue weighted by atomic mass is 9.98. The van der Waals surface area contributed by atoms with Gasteiger partial charge in [0.25, 0.3) is 5.69 Å². The van der Waals surface area contributed by atoms with Gasteiger partial charge in [-0.05, 0) is 17.7 Å². The molecule has 1 N–H and O–H groups in total. The van der Waals surface area contributed by atoms with Crippen LogP contribution < -0.4 is 5.32 Å². The molecule has 0 radical (unpaired) electrons. The molecule has 0 unspecified atom stereocenters. The van der Waals surface area contributed by atoms with Crippen LogP contribution in [0.2, 0.25) is 0 Å². The van der Waals surface area contributed by atoms with Gasteiger partial charge in [0.15, 0.2) is 0 Å². The standard InChI is InChI=1S/C15H13FN2O3/c16-13-7-5-11(6-8-13)14(17-10-19)9-12-3-1-2-4-15(12)18(20)21/h1-8,10,14H,9H2,(H,17,19)/t14-/m1/s1. The average Bonchev–Trinajstić information content (AvgIpc) is 2.48. The minimum atomic E-state index is -0.460. The highest BCUT2D eigenvalue weighted by Gasteiger charge is 2.18. The average molecular weight is 288 g/mol. The molecule has 0 bridgehead atoms. The van der Waals surface area contributed by atoms with Crippen molar-refractivity contribution in [1.29, 1.82) is 0 Å². The Hall–Kier alpha value is -2.76. The van der Waals surface area contributed by atoms with Crippen molar-refractivity contribution in [2.24, 2.45) is 0 Å². The number of amides is 1. The molecular weight excluding hydrogens is 275 g/mol. The molecule has 0 spiro atoms. The molecule has 108 valence electrons. The van der Waals surface area contributed by atoms with E-state index in [0.717, 1.165) is 0 Å². The lowest BCUT2D eigenvalue weighted by Crippen LogP contribution is -2.22. The molecule has 0 fully saturated rings. The highest BCUT2D eigenvalue weighted by atomic mass is 19.1. The molecule has 21 heavy (non-hydrogen) atoms. The first-order valence-electron chi connectivity index (χ1n) is 6.29. The summed E-state index contributed by atoms with van der Waals surface area (Å²) in [6.07, 6.45) is 0.782. The Bertz CT molecular complexity index is 644. The number of halogens is 1. The van der Waals surface area contributed by atoms with E-state index in [0.29, 0.717) is 17.5 Å². The van der Waals surface area contributed by atoms with Crippen LogP contribution in [-0.4, -0.2) is 11.3 Å². The minimum Gasteiger partial charge on any atom is -0.352 e. The molecule has 2 aromatic carbocycles. The molecule has 2 aromatic rings. The summed E-state index contributed by atoms with van der Waals surface area (Å²) in [5.74, 6) is -0.380. The van der Waals surface area contributed by atoms with Crippen molar-refractivity contribution in [2.75, 3.05) is 0 Å². The number of rotatable bonds is 6. The molecule has 0 saturated heterocycles. The molecule has 0 saturated carbocycles. The highest BCUT2D eigenvalue weighted by molar-refractivity contribution is 5.49. The molecule has 0 heterocycles. The van der Waals surface area contributed by atoms with Crippen LogP contribution in [0.3, 0.4) is 0 Å². The number of nitrogens with zero attached hydrogens (tertiary/aromatic N) is 1. The van der Waals surface area contributed by atoms with Crippen LogP contribution in [0.5, 0.6) is 0 Å². The maximum Gasteiger partial charge on any atom is 0.272 e. The van der Waals surface area contributed by atoms with Crippen LogP contribution in [0, 0.1) is 15.9 Å². The van der Waals surface area contributed by atoms with E-state index in [9.17, 15) is 19.3 Å². The van der Waals surface area contributed by atoms with E-state index in [1.807, 2.05) is 0 Å². The molecule has 1 atom stereocenters. The van der Waals surface area contributed by atoms with Crippen molar-refractivity contribution >= 4 is 12.1 Å². The summed E-state index contributed by atoms with van der Waals surface area (Å²) < 4.78 is 13.0. The van der Waals surface area contributed by atoms with Crippen molar-refractivity contribution in [2.45, 2.75) is 12.5 Å². The van der Waals surface area contributed by atoms with Gasteiger partial charge in [0, 0.05) is 18.1 Å². The van der Waals surface area contributed by atoms with E-state index in [1.165, 1.54) is 18.2 Å². The molecule has 6 heteroatoms. The van der Waals surface area contributed by atoms with Gasteiger partial charge < -0.3 is 5.32 Å². The molecular formula is C15H13FN2O3. The van der Waals surface area contributed by atoms with E-state index >= 15 is 0 Å². The first kappa shape index (κ1) is 14.6. The number of para-hydroxylation sites is 1. The maximum atomic E-state index is 13.0. The Morgan fingerprint density at radius 3 is 2.48 bits per heavy atom. The second kappa shape index (κ2) is 6.60. The quantitative estimate of drug-likeness (QED) is 0.504. The first-order chi connectivity index (χ1) is 10.1. The Morgan fingerprint density at radius 2 is 1.86 bits per heavy atom. The number of nitro benzene ring substituents is 1. The minimum absolute atomic E-state index is 0.00249. The topological polar surface area (TPSA) is 72.2 Å². The van der Waals surface area contributed by atoms with E-state index in [4.69, 9.17) is 0 Å². The molecule has 0 aliphatic carbocycles. The van der Waals surface area contributed by atoms with Gasteiger partial charge in [-0.25, -0.2) is 4.39 Å². The third-order valence-electron chi connectivity index (χ3n) is 3.15. The van der Waals surface area contributed by atoms with Crippen LogP contribution in [0.25, 0.3) is 0 Å². The summed E-state index contributed by atoms with van der Waals surface area (Å²) in [5, 5.41) is 13.6. The predicted molar refractivity (Wildman–Crippen MR) is 75.1 cm³/mol. The molecule has 0 aliphatic heterocycles. The summed E-state index contributed by atoms with van der Waals surface area (Å²) in [4.78, 5) is 21.3. The summed E-state index contributed by atoms with van der Waals surface area (Å²) in [7, 11) is 0. The van der Waals surface area contributed by atoms with Crippen molar-refractivity contribution < 1.29 is 14.1 Å². The summed E-state index contributed by atoms with van der Waals surface area (Å²) in [5.41, 5.74) is 1.19. The summed E-state index contributed by atoms with van der Waals surface area (Å²) in [6.45, 7) is 0.